The maximum absolute atomic E-state index is 5.40. The highest BCUT2D eigenvalue weighted by Gasteiger charge is 2.10. The molecule has 3 rings (SSSR count). The zero-order chi connectivity index (χ0) is 13.2. The SMILES string of the molecule is CNc1ccn2c(-c3ccccc3OC)ncc2c1. The third kappa shape index (κ3) is 1.91. The van der Waals surface area contributed by atoms with Crippen molar-refractivity contribution < 1.29 is 4.74 Å². The zero-order valence-electron chi connectivity index (χ0n) is 10.9. The molecule has 0 aliphatic carbocycles. The number of hydrogen-bond acceptors (Lipinski definition) is 3. The van der Waals surface area contributed by atoms with Crippen molar-refractivity contribution in [2.75, 3.05) is 19.5 Å². The number of imidazole rings is 1. The van der Waals surface area contributed by atoms with Gasteiger partial charge < -0.3 is 10.1 Å². The molecule has 0 saturated carbocycles. The summed E-state index contributed by atoms with van der Waals surface area (Å²) in [4.78, 5) is 4.50. The van der Waals surface area contributed by atoms with Crippen molar-refractivity contribution in [3.63, 3.8) is 0 Å². The van der Waals surface area contributed by atoms with Gasteiger partial charge in [-0.25, -0.2) is 4.98 Å². The van der Waals surface area contributed by atoms with Crippen LogP contribution in [0.3, 0.4) is 0 Å². The summed E-state index contributed by atoms with van der Waals surface area (Å²) in [5, 5.41) is 3.12. The summed E-state index contributed by atoms with van der Waals surface area (Å²) in [6.45, 7) is 0. The summed E-state index contributed by atoms with van der Waals surface area (Å²) >= 11 is 0. The normalized spacial score (nSPS) is 10.6. The second-order valence-electron chi connectivity index (χ2n) is 4.24. The minimum Gasteiger partial charge on any atom is -0.496 e. The summed E-state index contributed by atoms with van der Waals surface area (Å²) in [6, 6.07) is 12.0. The Morgan fingerprint density at radius 2 is 2.05 bits per heavy atom. The smallest absolute Gasteiger partial charge is 0.148 e. The predicted molar refractivity (Wildman–Crippen MR) is 76.7 cm³/mol. The van der Waals surface area contributed by atoms with Gasteiger partial charge in [0, 0.05) is 18.9 Å². The Bertz CT molecular complexity index is 718. The van der Waals surface area contributed by atoms with Gasteiger partial charge in [-0.05, 0) is 24.3 Å². The van der Waals surface area contributed by atoms with Gasteiger partial charge in [-0.15, -0.1) is 0 Å². The average Bonchev–Trinajstić information content (AvgIpc) is 2.89. The first-order valence-electron chi connectivity index (χ1n) is 6.11. The average molecular weight is 253 g/mol. The van der Waals surface area contributed by atoms with Crippen molar-refractivity contribution in [3.8, 4) is 17.1 Å². The Morgan fingerprint density at radius 3 is 2.84 bits per heavy atom. The summed E-state index contributed by atoms with van der Waals surface area (Å²) in [6.07, 6.45) is 3.87. The molecule has 0 aliphatic heterocycles. The van der Waals surface area contributed by atoms with Gasteiger partial charge in [0.15, 0.2) is 0 Å². The molecule has 4 heteroatoms. The topological polar surface area (TPSA) is 38.6 Å². The van der Waals surface area contributed by atoms with Gasteiger partial charge in [-0.1, -0.05) is 12.1 Å². The van der Waals surface area contributed by atoms with E-state index < -0.39 is 0 Å². The van der Waals surface area contributed by atoms with E-state index in [0.29, 0.717) is 0 Å². The second-order valence-corrected chi connectivity index (χ2v) is 4.24. The number of nitrogens with zero attached hydrogens (tertiary/aromatic N) is 2. The number of benzene rings is 1. The number of methoxy groups -OCH3 is 1. The molecule has 1 N–H and O–H groups in total. The third-order valence-electron chi connectivity index (χ3n) is 3.17. The number of aromatic nitrogens is 2. The summed E-state index contributed by atoms with van der Waals surface area (Å²) < 4.78 is 7.45. The molecule has 3 aromatic rings. The van der Waals surface area contributed by atoms with Crippen LogP contribution in [0, 0.1) is 0 Å². The molecule has 0 spiro atoms. The fraction of sp³-hybridized carbons (Fsp3) is 0.133. The van der Waals surface area contributed by atoms with Crippen LogP contribution in [0.25, 0.3) is 16.9 Å². The summed E-state index contributed by atoms with van der Waals surface area (Å²) in [5.74, 6) is 1.71. The van der Waals surface area contributed by atoms with Crippen LogP contribution in [0.5, 0.6) is 5.75 Å². The molecule has 0 bridgehead atoms. The van der Waals surface area contributed by atoms with E-state index in [1.807, 2.05) is 49.8 Å². The van der Waals surface area contributed by atoms with E-state index in [9.17, 15) is 0 Å². The Balaban J connectivity index is 2.20. The molecule has 0 radical (unpaired) electrons. The van der Waals surface area contributed by atoms with Crippen molar-refractivity contribution in [3.05, 3.63) is 48.8 Å². The molecule has 1 aromatic carbocycles. The van der Waals surface area contributed by atoms with Crippen LogP contribution in [0.4, 0.5) is 5.69 Å². The molecular formula is C15H15N3O. The van der Waals surface area contributed by atoms with E-state index in [1.54, 1.807) is 7.11 Å². The number of para-hydroxylation sites is 1. The molecule has 2 heterocycles. The van der Waals surface area contributed by atoms with E-state index in [4.69, 9.17) is 4.74 Å². The number of hydrogen-bond donors (Lipinski definition) is 1. The largest absolute Gasteiger partial charge is 0.496 e. The van der Waals surface area contributed by atoms with Gasteiger partial charge >= 0.3 is 0 Å². The number of rotatable bonds is 3. The number of ether oxygens (including phenoxy) is 1. The minimum absolute atomic E-state index is 0.827. The first kappa shape index (κ1) is 11.6. The van der Waals surface area contributed by atoms with E-state index in [1.165, 1.54) is 0 Å². The van der Waals surface area contributed by atoms with Crippen molar-refractivity contribution in [1.29, 1.82) is 0 Å². The number of fused-ring (bicyclic) bond motifs is 1. The molecule has 4 nitrogen and oxygen atoms in total. The lowest BCUT2D eigenvalue weighted by atomic mass is 10.2. The lowest BCUT2D eigenvalue weighted by Gasteiger charge is -2.08. The standard InChI is InChI=1S/C15H15N3O/c1-16-11-7-8-18-12(9-11)10-17-15(18)13-5-3-4-6-14(13)19-2/h3-10,16H,1-2H3. The molecule has 0 aliphatic rings. The van der Waals surface area contributed by atoms with Gasteiger partial charge in [0.25, 0.3) is 0 Å². The van der Waals surface area contributed by atoms with Crippen LogP contribution in [0.1, 0.15) is 0 Å². The van der Waals surface area contributed by atoms with Crippen molar-refractivity contribution in [2.45, 2.75) is 0 Å². The molecular weight excluding hydrogens is 238 g/mol. The monoisotopic (exact) mass is 253 g/mol. The maximum atomic E-state index is 5.40. The van der Waals surface area contributed by atoms with Crippen molar-refractivity contribution in [1.82, 2.24) is 9.38 Å². The Morgan fingerprint density at radius 1 is 1.21 bits per heavy atom. The highest BCUT2D eigenvalue weighted by atomic mass is 16.5. The van der Waals surface area contributed by atoms with Gasteiger partial charge in [0.2, 0.25) is 0 Å². The van der Waals surface area contributed by atoms with E-state index in [0.717, 1.165) is 28.3 Å². The van der Waals surface area contributed by atoms with Gasteiger partial charge in [-0.2, -0.15) is 0 Å². The molecule has 96 valence electrons. The van der Waals surface area contributed by atoms with Gasteiger partial charge in [-0.3, -0.25) is 4.40 Å². The molecule has 0 atom stereocenters. The highest BCUT2D eigenvalue weighted by molar-refractivity contribution is 5.70. The quantitative estimate of drug-likeness (QED) is 0.779. The van der Waals surface area contributed by atoms with E-state index in [-0.39, 0.29) is 0 Å². The number of nitrogens with one attached hydrogen (secondary N) is 1. The molecule has 0 fully saturated rings. The van der Waals surface area contributed by atoms with Crippen LogP contribution >= 0.6 is 0 Å². The molecule has 0 amide bonds. The Kier molecular flexibility index (Phi) is 2.83. The lowest BCUT2D eigenvalue weighted by molar-refractivity contribution is 0.416. The first-order chi connectivity index (χ1) is 9.33. The highest BCUT2D eigenvalue weighted by Crippen LogP contribution is 2.29. The summed E-state index contributed by atoms with van der Waals surface area (Å²) in [7, 11) is 3.58. The third-order valence-corrected chi connectivity index (χ3v) is 3.17. The van der Waals surface area contributed by atoms with Crippen LogP contribution in [0.2, 0.25) is 0 Å². The molecule has 0 unspecified atom stereocenters. The van der Waals surface area contributed by atoms with Crippen LogP contribution in [0.15, 0.2) is 48.8 Å². The van der Waals surface area contributed by atoms with Gasteiger partial charge in [0.05, 0.1) is 24.4 Å². The van der Waals surface area contributed by atoms with Crippen molar-refractivity contribution >= 4 is 11.2 Å². The zero-order valence-corrected chi connectivity index (χ0v) is 10.9. The molecule has 0 saturated heterocycles. The van der Waals surface area contributed by atoms with Crippen LogP contribution < -0.4 is 10.1 Å². The fourth-order valence-electron chi connectivity index (χ4n) is 2.18. The van der Waals surface area contributed by atoms with Crippen LogP contribution in [-0.4, -0.2) is 23.5 Å². The number of anilines is 1. The molecule has 19 heavy (non-hydrogen) atoms. The Labute approximate surface area is 111 Å². The fourth-order valence-corrected chi connectivity index (χ4v) is 2.18. The Hall–Kier alpha value is -2.49. The van der Waals surface area contributed by atoms with Crippen LogP contribution in [-0.2, 0) is 0 Å². The minimum atomic E-state index is 0.827. The van der Waals surface area contributed by atoms with Crippen molar-refractivity contribution in [2.24, 2.45) is 0 Å². The summed E-state index contributed by atoms with van der Waals surface area (Å²) in [5.41, 5.74) is 3.11. The van der Waals surface area contributed by atoms with Gasteiger partial charge in [0.1, 0.15) is 11.6 Å². The number of pyridine rings is 1. The maximum Gasteiger partial charge on any atom is 0.148 e. The van der Waals surface area contributed by atoms with E-state index in [2.05, 4.69) is 20.8 Å². The first-order valence-corrected chi connectivity index (χ1v) is 6.11. The lowest BCUT2D eigenvalue weighted by Crippen LogP contribution is -1.94. The predicted octanol–water partition coefficient (Wildman–Crippen LogP) is 3.05. The van der Waals surface area contributed by atoms with E-state index >= 15 is 0 Å². The molecule has 2 aromatic heterocycles. The second kappa shape index (κ2) is 4.65.